The predicted octanol–water partition coefficient (Wildman–Crippen LogP) is -1.72. The summed E-state index contributed by atoms with van der Waals surface area (Å²) in [6, 6.07) is 8.10. The molecule has 1 heterocycles. The third-order valence-electron chi connectivity index (χ3n) is 1.48. The molecule has 0 spiro atoms. The first-order chi connectivity index (χ1) is 5.43. The van der Waals surface area contributed by atoms with E-state index in [1.807, 2.05) is 30.6 Å². The van der Waals surface area contributed by atoms with Crippen LogP contribution >= 0.6 is 0 Å². The number of rotatable bonds is 3. The Morgan fingerprint density at radius 2 is 1.83 bits per heavy atom. The number of pyridine rings is 1. The number of halogens is 1. The second-order valence-electron chi connectivity index (χ2n) is 2.37. The number of nitriles is 1. The van der Waals surface area contributed by atoms with Gasteiger partial charge in [-0.3, -0.25) is 0 Å². The Hall–Kier alpha value is -1.07. The maximum absolute atomic E-state index is 8.29. The third kappa shape index (κ3) is 3.95. The zero-order valence-corrected chi connectivity index (χ0v) is 7.54. The fourth-order valence-corrected chi connectivity index (χ4v) is 0.924. The Morgan fingerprint density at radius 1 is 1.17 bits per heavy atom. The normalized spacial score (nSPS) is 8.25. The molecule has 0 amide bonds. The number of hydrogen-bond acceptors (Lipinski definition) is 1. The van der Waals surface area contributed by atoms with Crippen LogP contribution in [0.15, 0.2) is 30.6 Å². The zero-order valence-electron chi connectivity index (χ0n) is 6.78. The first kappa shape index (κ1) is 10.9. The van der Waals surface area contributed by atoms with E-state index in [0.717, 1.165) is 13.0 Å². The largest absolute Gasteiger partial charge is 1.00 e. The summed E-state index contributed by atoms with van der Waals surface area (Å²) in [6.45, 7) is 0.939. The molecule has 0 fully saturated rings. The maximum Gasteiger partial charge on any atom is 0.168 e. The highest BCUT2D eigenvalue weighted by molar-refractivity contribution is 4.83. The highest BCUT2D eigenvalue weighted by Gasteiger charge is 1.95. The monoisotopic (exact) mass is 182 g/mol. The standard InChI is InChI=1S/C9H11N2.ClH/c10-6-2-5-9-11-7-3-1-4-8-11;/h1,3-4,7-8H,2,5,9H2;1H/q+1;/p-1. The van der Waals surface area contributed by atoms with E-state index in [2.05, 4.69) is 10.6 Å². The molecule has 1 aromatic rings. The highest BCUT2D eigenvalue weighted by atomic mass is 35.5. The minimum Gasteiger partial charge on any atom is -1.00 e. The van der Waals surface area contributed by atoms with Crippen LogP contribution in [0.4, 0.5) is 0 Å². The van der Waals surface area contributed by atoms with Crippen molar-refractivity contribution in [2.75, 3.05) is 0 Å². The second-order valence-corrected chi connectivity index (χ2v) is 2.37. The van der Waals surface area contributed by atoms with Gasteiger partial charge in [0, 0.05) is 25.0 Å². The SMILES string of the molecule is N#CCCC[n+]1ccccc1.[Cl-]. The smallest absolute Gasteiger partial charge is 0.168 e. The Bertz CT molecular complexity index is 240. The number of nitrogens with zero attached hydrogens (tertiary/aromatic N) is 2. The van der Waals surface area contributed by atoms with Gasteiger partial charge in [-0.1, -0.05) is 6.07 Å². The fourth-order valence-electron chi connectivity index (χ4n) is 0.924. The molecule has 0 atom stereocenters. The van der Waals surface area contributed by atoms with Gasteiger partial charge in [0.1, 0.15) is 6.54 Å². The quantitative estimate of drug-likeness (QED) is 0.404. The highest BCUT2D eigenvalue weighted by Crippen LogP contribution is 1.85. The van der Waals surface area contributed by atoms with Crippen LogP contribution in [0.1, 0.15) is 12.8 Å². The van der Waals surface area contributed by atoms with Crippen LogP contribution in [0.25, 0.3) is 0 Å². The van der Waals surface area contributed by atoms with Crippen molar-refractivity contribution in [2.45, 2.75) is 19.4 Å². The lowest BCUT2D eigenvalue weighted by molar-refractivity contribution is -0.697. The van der Waals surface area contributed by atoms with Crippen molar-refractivity contribution in [3.05, 3.63) is 30.6 Å². The average molecular weight is 183 g/mol. The van der Waals surface area contributed by atoms with Crippen molar-refractivity contribution >= 4 is 0 Å². The summed E-state index contributed by atoms with van der Waals surface area (Å²) in [7, 11) is 0. The van der Waals surface area contributed by atoms with Gasteiger partial charge in [0.15, 0.2) is 12.4 Å². The van der Waals surface area contributed by atoms with Gasteiger partial charge in [-0.25, -0.2) is 4.57 Å². The van der Waals surface area contributed by atoms with Gasteiger partial charge < -0.3 is 12.4 Å². The van der Waals surface area contributed by atoms with Crippen LogP contribution in [-0.2, 0) is 6.54 Å². The summed E-state index contributed by atoms with van der Waals surface area (Å²) in [4.78, 5) is 0. The summed E-state index contributed by atoms with van der Waals surface area (Å²) in [5, 5.41) is 8.29. The van der Waals surface area contributed by atoms with E-state index < -0.39 is 0 Å². The van der Waals surface area contributed by atoms with E-state index in [9.17, 15) is 0 Å². The topological polar surface area (TPSA) is 27.7 Å². The van der Waals surface area contributed by atoms with E-state index in [0.29, 0.717) is 6.42 Å². The molecule has 0 aromatic carbocycles. The van der Waals surface area contributed by atoms with E-state index >= 15 is 0 Å². The zero-order chi connectivity index (χ0) is 7.94. The molecule has 0 unspecified atom stereocenters. The van der Waals surface area contributed by atoms with Gasteiger partial charge >= 0.3 is 0 Å². The van der Waals surface area contributed by atoms with Gasteiger partial charge in [0.25, 0.3) is 0 Å². The molecule has 2 nitrogen and oxygen atoms in total. The summed E-state index contributed by atoms with van der Waals surface area (Å²) in [5.74, 6) is 0. The molecule has 0 radical (unpaired) electrons. The molecule has 0 aliphatic heterocycles. The molecule has 3 heteroatoms. The Kier molecular flexibility index (Phi) is 6.04. The number of hydrogen-bond donors (Lipinski definition) is 0. The molecule has 1 aromatic heterocycles. The summed E-state index contributed by atoms with van der Waals surface area (Å²) < 4.78 is 2.08. The van der Waals surface area contributed by atoms with Crippen molar-refractivity contribution in [1.29, 1.82) is 5.26 Å². The van der Waals surface area contributed by atoms with Crippen LogP contribution in [0.5, 0.6) is 0 Å². The van der Waals surface area contributed by atoms with Crippen LogP contribution in [0.2, 0.25) is 0 Å². The molecular weight excluding hydrogens is 172 g/mol. The van der Waals surface area contributed by atoms with E-state index in [1.54, 1.807) is 0 Å². The Morgan fingerprint density at radius 3 is 2.42 bits per heavy atom. The molecule has 64 valence electrons. The third-order valence-corrected chi connectivity index (χ3v) is 1.48. The van der Waals surface area contributed by atoms with Gasteiger partial charge in [-0.2, -0.15) is 5.26 Å². The predicted molar refractivity (Wildman–Crippen MR) is 41.5 cm³/mol. The van der Waals surface area contributed by atoms with Crippen molar-refractivity contribution in [2.24, 2.45) is 0 Å². The van der Waals surface area contributed by atoms with Gasteiger partial charge in [0.05, 0.1) is 6.07 Å². The molecule has 0 saturated carbocycles. The summed E-state index contributed by atoms with van der Waals surface area (Å²) in [5.41, 5.74) is 0. The molecule has 0 aliphatic rings. The average Bonchev–Trinajstić information content (AvgIpc) is 2.07. The first-order valence-electron chi connectivity index (χ1n) is 3.74. The molecule has 0 bridgehead atoms. The summed E-state index contributed by atoms with van der Waals surface area (Å²) in [6.07, 6.45) is 5.60. The minimum atomic E-state index is 0. The van der Waals surface area contributed by atoms with Crippen molar-refractivity contribution in [3.8, 4) is 6.07 Å². The number of aryl methyl sites for hydroxylation is 1. The van der Waals surface area contributed by atoms with Gasteiger partial charge in [-0.15, -0.1) is 0 Å². The van der Waals surface area contributed by atoms with Crippen molar-refractivity contribution < 1.29 is 17.0 Å². The van der Waals surface area contributed by atoms with Gasteiger partial charge in [0.2, 0.25) is 0 Å². The second kappa shape index (κ2) is 6.63. The van der Waals surface area contributed by atoms with Gasteiger partial charge in [-0.05, 0) is 0 Å². The first-order valence-corrected chi connectivity index (χ1v) is 3.74. The minimum absolute atomic E-state index is 0. The summed E-state index contributed by atoms with van der Waals surface area (Å²) >= 11 is 0. The van der Waals surface area contributed by atoms with E-state index in [4.69, 9.17) is 5.26 Å². The molecule has 0 saturated heterocycles. The fraction of sp³-hybridized carbons (Fsp3) is 0.333. The molecule has 0 N–H and O–H groups in total. The Labute approximate surface area is 78.9 Å². The van der Waals surface area contributed by atoms with Crippen LogP contribution < -0.4 is 17.0 Å². The Balaban J connectivity index is 0.00000121. The molecule has 0 aliphatic carbocycles. The molecular formula is C9H11ClN2. The molecule has 1 rings (SSSR count). The van der Waals surface area contributed by atoms with Crippen molar-refractivity contribution in [3.63, 3.8) is 0 Å². The number of aromatic nitrogens is 1. The lowest BCUT2D eigenvalue weighted by atomic mass is 10.3. The maximum atomic E-state index is 8.29. The number of unbranched alkanes of at least 4 members (excludes halogenated alkanes) is 1. The van der Waals surface area contributed by atoms with E-state index in [-0.39, 0.29) is 12.4 Å². The lowest BCUT2D eigenvalue weighted by Crippen LogP contribution is -3.00. The van der Waals surface area contributed by atoms with Crippen LogP contribution in [0, 0.1) is 11.3 Å². The van der Waals surface area contributed by atoms with Crippen LogP contribution in [-0.4, -0.2) is 0 Å². The van der Waals surface area contributed by atoms with Crippen LogP contribution in [0.3, 0.4) is 0 Å². The lowest BCUT2D eigenvalue weighted by Gasteiger charge is -1.90. The van der Waals surface area contributed by atoms with E-state index in [1.165, 1.54) is 0 Å². The van der Waals surface area contributed by atoms with Crippen molar-refractivity contribution in [1.82, 2.24) is 0 Å². The molecule has 12 heavy (non-hydrogen) atoms.